The number of aryl methyl sites for hydroxylation is 4. The molecular weight excluding hydrogens is 516 g/mol. The molecule has 0 aromatic carbocycles. The average molecular weight is 562 g/mol. The number of hydrogen-bond acceptors (Lipinski definition) is 3. The molecule has 0 spiro atoms. The molecule has 0 radical (unpaired) electrons. The highest BCUT2D eigenvalue weighted by atomic mass is 14.9. The van der Waals surface area contributed by atoms with Crippen molar-refractivity contribution in [3.63, 3.8) is 0 Å². The van der Waals surface area contributed by atoms with Crippen molar-refractivity contribution in [2.75, 3.05) is 0 Å². The van der Waals surface area contributed by atoms with Gasteiger partial charge in [-0.1, -0.05) is 55.4 Å². The quantitative estimate of drug-likeness (QED) is 0.268. The molecule has 6 heteroatoms. The molecule has 5 rings (SSSR count). The zero-order valence-corrected chi connectivity index (χ0v) is 26.7. The molecule has 0 atom stereocenters. The Morgan fingerprint density at radius 3 is 1.36 bits per heavy atom. The van der Waals surface area contributed by atoms with E-state index in [2.05, 4.69) is 88.5 Å². The Balaban J connectivity index is 2.10. The number of aromatic nitrogens is 4. The molecule has 3 aromatic rings. The number of hydrogen-bond donors (Lipinski definition) is 2. The van der Waals surface area contributed by atoms with Crippen molar-refractivity contribution < 1.29 is 0 Å². The minimum atomic E-state index is 0.520. The van der Waals surface area contributed by atoms with Crippen molar-refractivity contribution in [1.29, 1.82) is 5.39 Å². The van der Waals surface area contributed by atoms with Crippen molar-refractivity contribution in [3.05, 3.63) is 68.2 Å². The van der Waals surface area contributed by atoms with Crippen molar-refractivity contribution in [3.8, 4) is 0 Å². The van der Waals surface area contributed by atoms with Gasteiger partial charge in [-0.3, -0.25) is 0 Å². The van der Waals surface area contributed by atoms with Crippen LogP contribution in [0.5, 0.6) is 0 Å². The van der Waals surface area contributed by atoms with Crippen LogP contribution in [0.3, 0.4) is 0 Å². The third kappa shape index (κ3) is 4.60. The molecule has 0 saturated carbocycles. The van der Waals surface area contributed by atoms with Crippen molar-refractivity contribution in [2.45, 2.75) is 107 Å². The van der Waals surface area contributed by atoms with Crippen LogP contribution in [0, 0.1) is 5.39 Å². The predicted molar refractivity (Wildman–Crippen MR) is 178 cm³/mol. The van der Waals surface area contributed by atoms with Gasteiger partial charge in [-0.15, -0.1) is 0 Å². The largest absolute Gasteiger partial charge is 0.433 e. The number of nitrogens with zero attached hydrogens (tertiary/aromatic N) is 4. The van der Waals surface area contributed by atoms with E-state index in [0.717, 1.165) is 102 Å². The molecule has 8 bridgehead atoms. The Kier molecular flexibility index (Phi) is 8.50. The SMILES string of the molecule is CCC1=C(CC)c2cc3[nH]c(c(CC)c3CC)c([N+]#N)c3nc(cc4[nH]c(cc1n2)c(CC)c4CC)C(CC)=C3CC. The average Bonchev–Trinajstić information content (AvgIpc) is 3.72. The number of rotatable bonds is 8. The first-order chi connectivity index (χ1) is 20.4. The van der Waals surface area contributed by atoms with Crippen LogP contribution in [0.2, 0.25) is 0 Å². The van der Waals surface area contributed by atoms with Gasteiger partial charge in [0.2, 0.25) is 5.39 Å². The van der Waals surface area contributed by atoms with Gasteiger partial charge in [0.15, 0.2) is 10.7 Å². The van der Waals surface area contributed by atoms with Gasteiger partial charge in [-0.05, 0) is 114 Å². The molecular formula is C36H45N6+. The van der Waals surface area contributed by atoms with E-state index < -0.39 is 0 Å². The minimum absolute atomic E-state index is 0.520. The molecule has 0 fully saturated rings. The summed E-state index contributed by atoms with van der Waals surface area (Å²) in [6.07, 6.45) is 7.06. The summed E-state index contributed by atoms with van der Waals surface area (Å²) in [6, 6.07) is 6.70. The van der Waals surface area contributed by atoms with Crippen LogP contribution in [-0.4, -0.2) is 19.9 Å². The molecule has 2 aliphatic rings. The lowest BCUT2D eigenvalue weighted by molar-refractivity contribution is 1.07. The molecule has 0 saturated heterocycles. The number of fused-ring (bicyclic) bond motifs is 8. The van der Waals surface area contributed by atoms with E-state index >= 15 is 0 Å². The van der Waals surface area contributed by atoms with Gasteiger partial charge in [0, 0.05) is 16.6 Å². The Bertz CT molecular complexity index is 1820. The summed E-state index contributed by atoms with van der Waals surface area (Å²) in [5.74, 6) is 0. The molecule has 0 unspecified atom stereocenters. The fraction of sp³-hybridized carbons (Fsp3) is 0.444. The summed E-state index contributed by atoms with van der Waals surface area (Å²) >= 11 is 0. The number of diazo groups is 1. The smallest absolute Gasteiger partial charge is 0.355 e. The van der Waals surface area contributed by atoms with Crippen LogP contribution < -0.4 is 0 Å². The normalized spacial score (nSPS) is 13.3. The zero-order valence-electron chi connectivity index (χ0n) is 26.7. The van der Waals surface area contributed by atoms with Crippen LogP contribution in [0.4, 0.5) is 5.69 Å². The second-order valence-corrected chi connectivity index (χ2v) is 11.1. The summed E-state index contributed by atoms with van der Waals surface area (Å²) in [5, 5.41) is 10.6. The highest BCUT2D eigenvalue weighted by molar-refractivity contribution is 6.00. The van der Waals surface area contributed by atoms with Gasteiger partial charge in [-0.2, -0.15) is 0 Å². The summed E-state index contributed by atoms with van der Waals surface area (Å²) in [4.78, 5) is 21.9. The second-order valence-electron chi connectivity index (χ2n) is 11.1. The van der Waals surface area contributed by atoms with Crippen LogP contribution in [0.15, 0.2) is 18.2 Å². The topological polar surface area (TPSA) is 85.5 Å². The van der Waals surface area contributed by atoms with Crippen molar-refractivity contribution >= 4 is 50.0 Å². The molecule has 6 nitrogen and oxygen atoms in total. The molecule has 42 heavy (non-hydrogen) atoms. The third-order valence-electron chi connectivity index (χ3n) is 9.18. The predicted octanol–water partition coefficient (Wildman–Crippen LogP) is 10.5. The number of allylic oxidation sites excluding steroid dienone is 4. The number of aromatic amines is 2. The third-order valence-corrected chi connectivity index (χ3v) is 9.18. The van der Waals surface area contributed by atoms with E-state index in [1.807, 2.05) is 0 Å². The maximum Gasteiger partial charge on any atom is 0.433 e. The van der Waals surface area contributed by atoms with Crippen LogP contribution in [-0.2, 0) is 25.7 Å². The lowest BCUT2D eigenvalue weighted by Gasteiger charge is -2.03. The van der Waals surface area contributed by atoms with Gasteiger partial charge in [-0.25, -0.2) is 9.97 Å². The summed E-state index contributed by atoms with van der Waals surface area (Å²) < 4.78 is 0. The Morgan fingerprint density at radius 1 is 0.524 bits per heavy atom. The van der Waals surface area contributed by atoms with E-state index in [1.54, 1.807) is 0 Å². The van der Waals surface area contributed by atoms with Crippen molar-refractivity contribution in [2.24, 2.45) is 0 Å². The van der Waals surface area contributed by atoms with E-state index in [0.29, 0.717) is 5.69 Å². The lowest BCUT2D eigenvalue weighted by atomic mass is 9.98. The molecule has 2 aliphatic heterocycles. The lowest BCUT2D eigenvalue weighted by Crippen LogP contribution is -1.88. The fourth-order valence-corrected chi connectivity index (χ4v) is 7.26. The highest BCUT2D eigenvalue weighted by Crippen LogP contribution is 2.42. The Hall–Kier alpha value is -3.98. The van der Waals surface area contributed by atoms with Gasteiger partial charge < -0.3 is 9.97 Å². The fourth-order valence-electron chi connectivity index (χ4n) is 7.26. The number of nitrogens with one attached hydrogen (secondary N) is 2. The molecule has 0 aliphatic carbocycles. The summed E-state index contributed by atoms with van der Waals surface area (Å²) in [6.45, 7) is 17.6. The van der Waals surface area contributed by atoms with E-state index in [-0.39, 0.29) is 0 Å². The standard InChI is InChI=1S/C36H44N6/c1-9-20-22(11-3)30-18-32-24(13-5)26(15-7)34(40-32)36(42-37)35-27(16-8)25(14-6)33(41-35)19-31-23(12-4)21(10-2)29(39-31)17-28(20)38-30/h17-19,37H,9-16H2,1-8H3/p+1. The van der Waals surface area contributed by atoms with E-state index in [4.69, 9.17) is 9.97 Å². The molecule has 0 amide bonds. The minimum Gasteiger partial charge on any atom is -0.355 e. The maximum absolute atomic E-state index is 10.6. The molecule has 3 aromatic heterocycles. The highest BCUT2D eigenvalue weighted by Gasteiger charge is 2.30. The Morgan fingerprint density at radius 2 is 0.929 bits per heavy atom. The van der Waals surface area contributed by atoms with Crippen molar-refractivity contribution in [1.82, 2.24) is 19.9 Å². The number of H-pyrrole nitrogens is 2. The van der Waals surface area contributed by atoms with Gasteiger partial charge in [0.1, 0.15) is 5.52 Å². The monoisotopic (exact) mass is 561 g/mol. The first kappa shape index (κ1) is 29.5. The van der Waals surface area contributed by atoms with E-state index in [9.17, 15) is 5.39 Å². The van der Waals surface area contributed by atoms with E-state index in [1.165, 1.54) is 39.0 Å². The van der Waals surface area contributed by atoms with Crippen LogP contribution in [0.25, 0.3) is 49.3 Å². The first-order valence-electron chi connectivity index (χ1n) is 16.0. The van der Waals surface area contributed by atoms with Crippen LogP contribution in [0.1, 0.15) is 126 Å². The van der Waals surface area contributed by atoms with Gasteiger partial charge in [0.25, 0.3) is 0 Å². The molecule has 2 N–H and O–H groups in total. The zero-order chi connectivity index (χ0) is 30.1. The van der Waals surface area contributed by atoms with Crippen LogP contribution >= 0.6 is 0 Å². The second kappa shape index (κ2) is 12.1. The summed E-state index contributed by atoms with van der Waals surface area (Å²) in [7, 11) is 0. The summed E-state index contributed by atoms with van der Waals surface area (Å²) in [5.41, 5.74) is 18.5. The Labute approximate surface area is 250 Å². The van der Waals surface area contributed by atoms with Gasteiger partial charge in [0.05, 0.1) is 17.1 Å². The first-order valence-corrected chi connectivity index (χ1v) is 16.0. The molecule has 218 valence electrons. The van der Waals surface area contributed by atoms with Gasteiger partial charge >= 0.3 is 5.69 Å². The maximum atomic E-state index is 10.6. The molecule has 5 heterocycles.